The van der Waals surface area contributed by atoms with Gasteiger partial charge in [0.2, 0.25) is 5.72 Å². The summed E-state index contributed by atoms with van der Waals surface area (Å²) in [7, 11) is 2.15. The Morgan fingerprint density at radius 2 is 1.46 bits per heavy atom. The van der Waals surface area contributed by atoms with Crippen LogP contribution in [-0.2, 0) is 30.5 Å². The first kappa shape index (κ1) is 27.2. The van der Waals surface area contributed by atoms with Gasteiger partial charge in [-0.1, -0.05) is 57.2 Å². The number of likely N-dealkylation sites (N-methyl/N-ethyl adjacent to an activating group) is 1. The molecule has 0 bridgehead atoms. The number of pyridine rings is 2. The number of aromatic nitrogens is 2. The van der Waals surface area contributed by atoms with Crippen LogP contribution in [0.5, 0.6) is 5.75 Å². The van der Waals surface area contributed by atoms with E-state index in [1.807, 2.05) is 24.5 Å². The Balaban J connectivity index is 1.44. The van der Waals surface area contributed by atoms with E-state index in [1.54, 1.807) is 0 Å². The third kappa shape index (κ3) is 4.82. The van der Waals surface area contributed by atoms with Crippen molar-refractivity contribution in [3.05, 3.63) is 125 Å². The molecule has 5 nitrogen and oxygen atoms in total. The minimum atomic E-state index is -0.630. The van der Waals surface area contributed by atoms with E-state index in [9.17, 15) is 0 Å². The number of hydrogen-bond acceptors (Lipinski definition) is 5. The molecule has 1 spiro atoms. The summed E-state index contributed by atoms with van der Waals surface area (Å²) in [6.07, 6.45) is 8.28. The highest BCUT2D eigenvalue weighted by Crippen LogP contribution is 2.55. The van der Waals surface area contributed by atoms with Gasteiger partial charge in [-0.3, -0.25) is 14.9 Å². The molecule has 2 aliphatic rings. The second-order valence-electron chi connectivity index (χ2n) is 12.9. The Bertz CT molecular complexity index is 1530. The van der Waals surface area contributed by atoms with Gasteiger partial charge in [0.25, 0.3) is 0 Å². The molecule has 4 heterocycles. The number of nitrogens with zero attached hydrogens (tertiary/aromatic N) is 4. The van der Waals surface area contributed by atoms with Crippen LogP contribution in [0.2, 0.25) is 0 Å². The molecule has 4 aromatic rings. The Morgan fingerprint density at radius 1 is 0.829 bits per heavy atom. The van der Waals surface area contributed by atoms with Crippen molar-refractivity contribution in [1.82, 2.24) is 14.9 Å². The van der Waals surface area contributed by atoms with Crippen LogP contribution in [0.3, 0.4) is 0 Å². The summed E-state index contributed by atoms with van der Waals surface area (Å²) < 4.78 is 7.27. The first-order chi connectivity index (χ1) is 19.6. The van der Waals surface area contributed by atoms with Crippen LogP contribution in [0.15, 0.2) is 91.3 Å². The second-order valence-corrected chi connectivity index (χ2v) is 12.9. The van der Waals surface area contributed by atoms with E-state index < -0.39 is 5.72 Å². The van der Waals surface area contributed by atoms with Gasteiger partial charge in [0.15, 0.2) is 0 Å². The van der Waals surface area contributed by atoms with Gasteiger partial charge in [0, 0.05) is 55.9 Å². The van der Waals surface area contributed by atoms with Crippen LogP contribution < -0.4 is 9.64 Å². The minimum Gasteiger partial charge on any atom is -0.462 e. The van der Waals surface area contributed by atoms with Gasteiger partial charge in [-0.25, -0.2) is 0 Å². The molecule has 41 heavy (non-hydrogen) atoms. The van der Waals surface area contributed by atoms with Crippen molar-refractivity contribution in [2.45, 2.75) is 70.8 Å². The van der Waals surface area contributed by atoms with Gasteiger partial charge in [0.1, 0.15) is 5.75 Å². The largest absolute Gasteiger partial charge is 0.462 e. The summed E-state index contributed by atoms with van der Waals surface area (Å²) in [5.74, 6) is 0.959. The SMILES string of the molecule is CN1c2ccccc2C(C)(C)C12C=Cc1cc(C(C)(C)C)cc(CN(Cc3ccccn3)Cc3ccccn3)c1O2. The Kier molecular flexibility index (Phi) is 6.74. The number of ether oxygens (including phenoxy) is 1. The topological polar surface area (TPSA) is 41.5 Å². The number of anilines is 1. The van der Waals surface area contributed by atoms with Gasteiger partial charge in [-0.05, 0) is 78.9 Å². The number of hydrogen-bond donors (Lipinski definition) is 0. The molecule has 0 radical (unpaired) electrons. The van der Waals surface area contributed by atoms with Gasteiger partial charge < -0.3 is 9.64 Å². The monoisotopic (exact) mass is 544 g/mol. The van der Waals surface area contributed by atoms with Crippen molar-refractivity contribution in [3.63, 3.8) is 0 Å². The van der Waals surface area contributed by atoms with E-state index in [0.717, 1.165) is 22.7 Å². The molecular formula is C36H40N4O. The summed E-state index contributed by atoms with van der Waals surface area (Å²) in [4.78, 5) is 14.0. The average molecular weight is 545 g/mol. The summed E-state index contributed by atoms with van der Waals surface area (Å²) in [5.41, 5.74) is 7.32. The lowest BCUT2D eigenvalue weighted by Gasteiger charge is -2.46. The lowest BCUT2D eigenvalue weighted by atomic mass is 9.76. The molecule has 6 rings (SSSR count). The summed E-state index contributed by atoms with van der Waals surface area (Å²) >= 11 is 0. The van der Waals surface area contributed by atoms with Crippen LogP contribution in [0, 0.1) is 0 Å². The van der Waals surface area contributed by atoms with Gasteiger partial charge >= 0.3 is 0 Å². The van der Waals surface area contributed by atoms with E-state index in [1.165, 1.54) is 22.4 Å². The summed E-state index contributed by atoms with van der Waals surface area (Å²) in [6, 6.07) is 25.5. The van der Waals surface area contributed by atoms with Crippen LogP contribution in [0.4, 0.5) is 5.69 Å². The van der Waals surface area contributed by atoms with Crippen molar-refractivity contribution >= 4 is 11.8 Å². The fourth-order valence-electron chi connectivity index (χ4n) is 6.36. The van der Waals surface area contributed by atoms with Crippen LogP contribution in [-0.4, -0.2) is 27.6 Å². The lowest BCUT2D eigenvalue weighted by molar-refractivity contribution is 0.0559. The van der Waals surface area contributed by atoms with Crippen LogP contribution in [0.25, 0.3) is 6.08 Å². The molecule has 2 aromatic carbocycles. The number of rotatable bonds is 6. The zero-order chi connectivity index (χ0) is 28.8. The van der Waals surface area contributed by atoms with Gasteiger partial charge in [-0.15, -0.1) is 0 Å². The van der Waals surface area contributed by atoms with Crippen molar-refractivity contribution in [2.24, 2.45) is 0 Å². The number of para-hydroxylation sites is 1. The third-order valence-electron chi connectivity index (χ3n) is 8.76. The predicted molar refractivity (Wildman–Crippen MR) is 167 cm³/mol. The van der Waals surface area contributed by atoms with Crippen LogP contribution in [0.1, 0.15) is 68.3 Å². The normalized spacial score (nSPS) is 18.9. The Labute approximate surface area is 244 Å². The fraction of sp³-hybridized carbons (Fsp3) is 0.333. The quantitative estimate of drug-likeness (QED) is 0.251. The van der Waals surface area contributed by atoms with E-state index >= 15 is 0 Å². The Morgan fingerprint density at radius 3 is 2.05 bits per heavy atom. The van der Waals surface area contributed by atoms with E-state index in [4.69, 9.17) is 4.74 Å². The van der Waals surface area contributed by atoms with Crippen molar-refractivity contribution in [3.8, 4) is 5.75 Å². The first-order valence-electron chi connectivity index (χ1n) is 14.5. The average Bonchev–Trinajstić information content (AvgIpc) is 3.12. The summed E-state index contributed by atoms with van der Waals surface area (Å²) in [5, 5.41) is 0. The molecule has 210 valence electrons. The fourth-order valence-corrected chi connectivity index (χ4v) is 6.36. The molecule has 0 fully saturated rings. The molecule has 0 aliphatic carbocycles. The predicted octanol–water partition coefficient (Wildman–Crippen LogP) is 7.51. The Hall–Kier alpha value is -3.96. The molecule has 1 unspecified atom stereocenters. The van der Waals surface area contributed by atoms with Crippen molar-refractivity contribution in [1.29, 1.82) is 0 Å². The van der Waals surface area contributed by atoms with Gasteiger partial charge in [0.05, 0.1) is 16.8 Å². The summed E-state index contributed by atoms with van der Waals surface area (Å²) in [6.45, 7) is 13.5. The first-order valence-corrected chi connectivity index (χ1v) is 14.5. The maximum Gasteiger partial charge on any atom is 0.211 e. The zero-order valence-electron chi connectivity index (χ0n) is 25.1. The third-order valence-corrected chi connectivity index (χ3v) is 8.76. The van der Waals surface area contributed by atoms with E-state index in [2.05, 4.69) is 134 Å². The van der Waals surface area contributed by atoms with E-state index in [0.29, 0.717) is 19.6 Å². The molecule has 0 amide bonds. The highest BCUT2D eigenvalue weighted by Gasteiger charge is 2.57. The molecular weight excluding hydrogens is 504 g/mol. The highest BCUT2D eigenvalue weighted by atomic mass is 16.5. The molecule has 5 heteroatoms. The lowest BCUT2D eigenvalue weighted by Crippen LogP contribution is -2.58. The van der Waals surface area contributed by atoms with Gasteiger partial charge in [-0.2, -0.15) is 0 Å². The molecule has 0 N–H and O–H groups in total. The van der Waals surface area contributed by atoms with Crippen molar-refractivity contribution < 1.29 is 4.74 Å². The molecule has 0 saturated heterocycles. The molecule has 2 aliphatic heterocycles. The zero-order valence-corrected chi connectivity index (χ0v) is 25.1. The smallest absolute Gasteiger partial charge is 0.211 e. The maximum atomic E-state index is 7.27. The second kappa shape index (κ2) is 10.1. The number of benzene rings is 2. The van der Waals surface area contributed by atoms with Crippen LogP contribution >= 0.6 is 0 Å². The molecule has 1 atom stereocenters. The maximum absolute atomic E-state index is 7.27. The van der Waals surface area contributed by atoms with Crippen molar-refractivity contribution in [2.75, 3.05) is 11.9 Å². The standard InChI is InChI=1S/C36H40N4O/c1-34(2,3)28-21-26-17-18-36(35(4,5)31-15-7-8-16-32(31)39(36)6)41-33(26)27(22-28)23-40(24-29-13-9-11-19-37-29)25-30-14-10-12-20-38-30/h7-22H,23-25H2,1-6H3. The van der Waals surface area contributed by atoms with E-state index in [-0.39, 0.29) is 10.8 Å². The molecule has 0 saturated carbocycles. The highest BCUT2D eigenvalue weighted by molar-refractivity contribution is 5.73. The minimum absolute atomic E-state index is 0.000781. The number of fused-ring (bicyclic) bond motifs is 2. The molecule has 2 aromatic heterocycles.